The highest BCUT2D eigenvalue weighted by Gasteiger charge is 2.25. The van der Waals surface area contributed by atoms with Gasteiger partial charge in [-0.25, -0.2) is 0 Å². The van der Waals surface area contributed by atoms with Crippen molar-refractivity contribution in [3.63, 3.8) is 0 Å². The van der Waals surface area contributed by atoms with E-state index in [1.807, 2.05) is 32.7 Å². The van der Waals surface area contributed by atoms with E-state index in [1.54, 1.807) is 0 Å². The van der Waals surface area contributed by atoms with Crippen molar-refractivity contribution in [1.82, 2.24) is 15.1 Å². The molecule has 0 saturated carbocycles. The van der Waals surface area contributed by atoms with Crippen molar-refractivity contribution in [2.45, 2.75) is 32.9 Å². The summed E-state index contributed by atoms with van der Waals surface area (Å²) in [6, 6.07) is 0.294. The molecule has 1 unspecified atom stereocenters. The second kappa shape index (κ2) is 5.47. The van der Waals surface area contributed by atoms with E-state index < -0.39 is 0 Å². The third kappa shape index (κ3) is 3.18. The van der Waals surface area contributed by atoms with E-state index in [2.05, 4.69) is 10.2 Å². The van der Waals surface area contributed by atoms with Gasteiger partial charge in [0.2, 0.25) is 5.91 Å². The van der Waals surface area contributed by atoms with E-state index in [4.69, 9.17) is 0 Å². The van der Waals surface area contributed by atoms with E-state index in [-0.39, 0.29) is 18.0 Å². The number of piperazine rings is 1. The molecule has 1 N–H and O–H groups in total. The molecule has 4 nitrogen and oxygen atoms in total. The molecule has 1 amide bonds. The Morgan fingerprint density at radius 3 is 2.27 bits per heavy atom. The number of hydrogen-bond donors (Lipinski definition) is 1. The first kappa shape index (κ1) is 12.5. The average molecular weight is 213 g/mol. The molecular weight excluding hydrogens is 190 g/mol. The molecular formula is C11H23N3O. The summed E-state index contributed by atoms with van der Waals surface area (Å²) in [6.45, 7) is 10.0. The van der Waals surface area contributed by atoms with E-state index in [0.29, 0.717) is 0 Å². The summed E-state index contributed by atoms with van der Waals surface area (Å²) in [6.07, 6.45) is 0. The summed E-state index contributed by atoms with van der Waals surface area (Å²) < 4.78 is 0. The van der Waals surface area contributed by atoms with Crippen LogP contribution < -0.4 is 5.32 Å². The Bertz CT molecular complexity index is 212. The fourth-order valence-corrected chi connectivity index (χ4v) is 1.77. The van der Waals surface area contributed by atoms with Gasteiger partial charge in [0.15, 0.2) is 0 Å². The van der Waals surface area contributed by atoms with Gasteiger partial charge in [-0.1, -0.05) is 0 Å². The Hall–Kier alpha value is -0.610. The summed E-state index contributed by atoms with van der Waals surface area (Å²) in [5, 5.41) is 3.29. The van der Waals surface area contributed by atoms with Crippen LogP contribution >= 0.6 is 0 Å². The normalized spacial score (nSPS) is 20.3. The van der Waals surface area contributed by atoms with Crippen LogP contribution in [0.4, 0.5) is 0 Å². The Morgan fingerprint density at radius 1 is 1.27 bits per heavy atom. The van der Waals surface area contributed by atoms with Crippen molar-refractivity contribution in [2.75, 3.05) is 33.2 Å². The first-order valence-corrected chi connectivity index (χ1v) is 5.75. The predicted molar refractivity (Wildman–Crippen MR) is 61.8 cm³/mol. The molecule has 0 aromatic rings. The third-order valence-corrected chi connectivity index (χ3v) is 3.18. The summed E-state index contributed by atoms with van der Waals surface area (Å²) in [4.78, 5) is 16.1. The number of amides is 1. The Labute approximate surface area is 92.6 Å². The highest BCUT2D eigenvalue weighted by molar-refractivity contribution is 5.81. The van der Waals surface area contributed by atoms with Crippen molar-refractivity contribution < 1.29 is 4.79 Å². The third-order valence-electron chi connectivity index (χ3n) is 3.18. The minimum atomic E-state index is 0.0134. The van der Waals surface area contributed by atoms with Gasteiger partial charge < -0.3 is 10.2 Å². The molecule has 0 radical (unpaired) electrons. The van der Waals surface area contributed by atoms with Gasteiger partial charge in [-0.2, -0.15) is 0 Å². The van der Waals surface area contributed by atoms with Crippen LogP contribution in [0.2, 0.25) is 0 Å². The SMILES string of the molecule is CC(C(=O)N(C)C(C)C)N1CCNCC1. The van der Waals surface area contributed by atoms with Crippen LogP contribution in [0.5, 0.6) is 0 Å². The number of nitrogens with one attached hydrogen (secondary N) is 1. The summed E-state index contributed by atoms with van der Waals surface area (Å²) in [5.41, 5.74) is 0. The lowest BCUT2D eigenvalue weighted by Crippen LogP contribution is -2.53. The van der Waals surface area contributed by atoms with Crippen LogP contribution in [0, 0.1) is 0 Å². The zero-order chi connectivity index (χ0) is 11.4. The Kier molecular flexibility index (Phi) is 4.54. The summed E-state index contributed by atoms with van der Waals surface area (Å²) >= 11 is 0. The molecule has 1 saturated heterocycles. The van der Waals surface area contributed by atoms with Crippen molar-refractivity contribution in [2.24, 2.45) is 0 Å². The number of hydrogen-bond acceptors (Lipinski definition) is 3. The number of carbonyl (C=O) groups excluding carboxylic acids is 1. The lowest BCUT2D eigenvalue weighted by molar-refractivity contribution is -0.136. The Balaban J connectivity index is 2.50. The van der Waals surface area contributed by atoms with Crippen LogP contribution in [-0.2, 0) is 4.79 Å². The molecule has 1 heterocycles. The molecule has 1 aliphatic heterocycles. The van der Waals surface area contributed by atoms with Crippen molar-refractivity contribution >= 4 is 5.91 Å². The quantitative estimate of drug-likeness (QED) is 0.725. The summed E-state index contributed by atoms with van der Waals surface area (Å²) in [5.74, 6) is 0.229. The fraction of sp³-hybridized carbons (Fsp3) is 0.909. The van der Waals surface area contributed by atoms with E-state index in [1.165, 1.54) is 0 Å². The molecule has 0 aromatic heterocycles. The first-order chi connectivity index (χ1) is 7.04. The number of carbonyl (C=O) groups is 1. The average Bonchev–Trinajstić information content (AvgIpc) is 2.27. The zero-order valence-corrected chi connectivity index (χ0v) is 10.3. The van der Waals surface area contributed by atoms with Gasteiger partial charge in [-0.3, -0.25) is 9.69 Å². The second-order valence-electron chi connectivity index (χ2n) is 4.50. The molecule has 1 aliphatic rings. The molecule has 88 valence electrons. The lowest BCUT2D eigenvalue weighted by Gasteiger charge is -2.35. The fourth-order valence-electron chi connectivity index (χ4n) is 1.77. The van der Waals surface area contributed by atoms with Crippen LogP contribution in [0.1, 0.15) is 20.8 Å². The second-order valence-corrected chi connectivity index (χ2v) is 4.50. The minimum Gasteiger partial charge on any atom is -0.342 e. The molecule has 0 spiro atoms. The van der Waals surface area contributed by atoms with Crippen molar-refractivity contribution in [1.29, 1.82) is 0 Å². The van der Waals surface area contributed by atoms with Crippen LogP contribution in [0.25, 0.3) is 0 Å². The van der Waals surface area contributed by atoms with E-state index in [0.717, 1.165) is 26.2 Å². The largest absolute Gasteiger partial charge is 0.342 e. The van der Waals surface area contributed by atoms with Crippen LogP contribution in [0.3, 0.4) is 0 Å². The minimum absolute atomic E-state index is 0.0134. The molecule has 1 rings (SSSR count). The van der Waals surface area contributed by atoms with Gasteiger partial charge >= 0.3 is 0 Å². The first-order valence-electron chi connectivity index (χ1n) is 5.75. The highest BCUT2D eigenvalue weighted by Crippen LogP contribution is 2.06. The van der Waals surface area contributed by atoms with Crippen LogP contribution in [-0.4, -0.2) is 61.0 Å². The van der Waals surface area contributed by atoms with Crippen LogP contribution in [0.15, 0.2) is 0 Å². The lowest BCUT2D eigenvalue weighted by atomic mass is 10.2. The van der Waals surface area contributed by atoms with Crippen molar-refractivity contribution in [3.8, 4) is 0 Å². The maximum absolute atomic E-state index is 12.0. The predicted octanol–water partition coefficient (Wildman–Crippen LogP) is 0.147. The molecule has 1 fully saturated rings. The monoisotopic (exact) mass is 213 g/mol. The van der Waals surface area contributed by atoms with E-state index >= 15 is 0 Å². The van der Waals surface area contributed by atoms with E-state index in [9.17, 15) is 4.79 Å². The van der Waals surface area contributed by atoms with Crippen molar-refractivity contribution in [3.05, 3.63) is 0 Å². The summed E-state index contributed by atoms with van der Waals surface area (Å²) in [7, 11) is 1.88. The highest BCUT2D eigenvalue weighted by atomic mass is 16.2. The molecule has 1 atom stereocenters. The van der Waals surface area contributed by atoms with Gasteiger partial charge in [0.1, 0.15) is 0 Å². The molecule has 15 heavy (non-hydrogen) atoms. The molecule has 0 aliphatic carbocycles. The van der Waals surface area contributed by atoms with Gasteiger partial charge in [-0.05, 0) is 20.8 Å². The smallest absolute Gasteiger partial charge is 0.239 e. The van der Waals surface area contributed by atoms with Gasteiger partial charge in [0.25, 0.3) is 0 Å². The maximum atomic E-state index is 12.0. The van der Waals surface area contributed by atoms with Gasteiger partial charge in [0.05, 0.1) is 6.04 Å². The Morgan fingerprint density at radius 2 is 1.80 bits per heavy atom. The molecule has 0 aromatic carbocycles. The molecule has 4 heteroatoms. The van der Waals surface area contributed by atoms with Gasteiger partial charge in [-0.15, -0.1) is 0 Å². The topological polar surface area (TPSA) is 35.6 Å². The molecule has 0 bridgehead atoms. The zero-order valence-electron chi connectivity index (χ0n) is 10.3. The maximum Gasteiger partial charge on any atom is 0.239 e. The number of rotatable bonds is 3. The van der Waals surface area contributed by atoms with Gasteiger partial charge in [0, 0.05) is 39.3 Å². The number of likely N-dealkylation sites (N-methyl/N-ethyl adjacent to an activating group) is 1. The number of nitrogens with zero attached hydrogens (tertiary/aromatic N) is 2. The standard InChI is InChI=1S/C11H23N3O/c1-9(2)13(4)11(15)10(3)14-7-5-12-6-8-14/h9-10,12H,5-8H2,1-4H3.